The van der Waals surface area contributed by atoms with Crippen LogP contribution in [0.25, 0.3) is 0 Å². The van der Waals surface area contributed by atoms with Gasteiger partial charge in [-0.1, -0.05) is 17.7 Å². The van der Waals surface area contributed by atoms with Gasteiger partial charge >= 0.3 is 18.3 Å². The zero-order valence-electron chi connectivity index (χ0n) is 19.5. The third kappa shape index (κ3) is 8.63. The number of hydrogen-bond acceptors (Lipinski definition) is 11. The number of rotatable bonds is 11. The van der Waals surface area contributed by atoms with Gasteiger partial charge < -0.3 is 28.4 Å². The lowest BCUT2D eigenvalue weighted by Gasteiger charge is -2.26. The van der Waals surface area contributed by atoms with Gasteiger partial charge in [0, 0.05) is 11.4 Å². The first-order valence-electron chi connectivity index (χ1n) is 10.6. The van der Waals surface area contributed by atoms with Crippen LogP contribution in [0, 0.1) is 0 Å². The van der Waals surface area contributed by atoms with Crippen molar-refractivity contribution < 1.29 is 42.8 Å². The summed E-state index contributed by atoms with van der Waals surface area (Å²) in [5, 5.41) is 0.541. The molecule has 0 radical (unpaired) electrons. The van der Waals surface area contributed by atoms with E-state index in [2.05, 4.69) is 5.43 Å². The molecular weight excluding hydrogens is 484 g/mol. The van der Waals surface area contributed by atoms with Crippen LogP contribution < -0.4 is 25.5 Å². The highest BCUT2D eigenvalue weighted by molar-refractivity contribution is 6.30. The molecule has 1 atom stereocenters. The molecule has 35 heavy (non-hydrogen) atoms. The maximum Gasteiger partial charge on any atom is 0.513 e. The van der Waals surface area contributed by atoms with Crippen LogP contribution in [0.4, 0.5) is 9.59 Å². The van der Waals surface area contributed by atoms with Crippen LogP contribution in [0.2, 0.25) is 5.02 Å². The Labute approximate surface area is 207 Å². The van der Waals surface area contributed by atoms with Gasteiger partial charge in [0.25, 0.3) is 0 Å². The van der Waals surface area contributed by atoms with Gasteiger partial charge in [-0.25, -0.2) is 19.8 Å². The molecule has 0 bridgehead atoms. The molecule has 0 amide bonds. The Balaban J connectivity index is 2.13. The highest BCUT2D eigenvalue weighted by Gasteiger charge is 2.34. The van der Waals surface area contributed by atoms with Crippen molar-refractivity contribution >= 4 is 29.9 Å². The minimum Gasteiger partial charge on any atom is -0.457 e. The Bertz CT molecular complexity index is 1020. The van der Waals surface area contributed by atoms with Gasteiger partial charge in [0.2, 0.25) is 6.79 Å². The average molecular weight is 511 g/mol. The average Bonchev–Trinajstić information content (AvgIpc) is 2.82. The molecule has 0 aliphatic heterocycles. The van der Waals surface area contributed by atoms with E-state index >= 15 is 0 Å². The van der Waals surface area contributed by atoms with E-state index in [1.165, 1.54) is 19.1 Å². The Kier molecular flexibility index (Phi) is 10.6. The summed E-state index contributed by atoms with van der Waals surface area (Å²) >= 11 is 5.83. The number of benzene rings is 2. The number of hydrogen-bond donors (Lipinski definition) is 2. The molecule has 11 nitrogen and oxygen atoms in total. The van der Waals surface area contributed by atoms with Crippen LogP contribution in [0.5, 0.6) is 17.2 Å². The summed E-state index contributed by atoms with van der Waals surface area (Å²) in [4.78, 5) is 36.3. The third-order valence-electron chi connectivity index (χ3n) is 4.48. The van der Waals surface area contributed by atoms with E-state index in [1.807, 2.05) is 0 Å². The van der Waals surface area contributed by atoms with Gasteiger partial charge in [0.05, 0.1) is 13.2 Å². The second kappa shape index (κ2) is 13.4. The molecule has 0 aliphatic carbocycles. The van der Waals surface area contributed by atoms with Crippen molar-refractivity contribution in [1.29, 1.82) is 0 Å². The smallest absolute Gasteiger partial charge is 0.457 e. The Morgan fingerprint density at radius 2 is 1.51 bits per heavy atom. The van der Waals surface area contributed by atoms with Gasteiger partial charge in [0.15, 0.2) is 11.5 Å². The molecule has 0 aromatic heterocycles. The van der Waals surface area contributed by atoms with Crippen molar-refractivity contribution in [3.05, 3.63) is 53.1 Å². The molecule has 0 saturated heterocycles. The molecule has 0 fully saturated rings. The van der Waals surface area contributed by atoms with E-state index in [-0.39, 0.29) is 37.9 Å². The SMILES string of the molecule is CCOC(=O)Oc1ccc(CC(C)(NN)C(=O)OCOc2ccc(Cl)cc2)cc1OC(=O)OCC. The minimum absolute atomic E-state index is 0.0160. The normalized spacial score (nSPS) is 12.1. The summed E-state index contributed by atoms with van der Waals surface area (Å²) in [6, 6.07) is 10.9. The number of carbonyl (C=O) groups is 3. The lowest BCUT2D eigenvalue weighted by molar-refractivity contribution is -0.157. The van der Waals surface area contributed by atoms with Crippen LogP contribution in [0.1, 0.15) is 26.3 Å². The number of halogens is 1. The predicted molar refractivity (Wildman–Crippen MR) is 124 cm³/mol. The Morgan fingerprint density at radius 3 is 2.09 bits per heavy atom. The molecule has 1 unspecified atom stereocenters. The van der Waals surface area contributed by atoms with Crippen LogP contribution >= 0.6 is 11.6 Å². The molecule has 0 saturated carbocycles. The quantitative estimate of drug-likeness (QED) is 0.114. The van der Waals surface area contributed by atoms with Crippen molar-refractivity contribution in [3.63, 3.8) is 0 Å². The molecule has 12 heteroatoms. The van der Waals surface area contributed by atoms with E-state index < -0.39 is 23.8 Å². The van der Waals surface area contributed by atoms with Crippen LogP contribution in [0.15, 0.2) is 42.5 Å². The lowest BCUT2D eigenvalue weighted by atomic mass is 9.93. The monoisotopic (exact) mass is 510 g/mol. The fraction of sp³-hybridized carbons (Fsp3) is 0.348. The van der Waals surface area contributed by atoms with Crippen molar-refractivity contribution in [3.8, 4) is 17.2 Å². The number of nitrogens with two attached hydrogens (primary N) is 1. The predicted octanol–water partition coefficient (Wildman–Crippen LogP) is 3.75. The van der Waals surface area contributed by atoms with Gasteiger partial charge in [-0.3, -0.25) is 5.84 Å². The van der Waals surface area contributed by atoms with Gasteiger partial charge in [-0.05, 0) is 62.7 Å². The van der Waals surface area contributed by atoms with E-state index in [0.717, 1.165) is 0 Å². The molecule has 3 N–H and O–H groups in total. The van der Waals surface area contributed by atoms with E-state index in [0.29, 0.717) is 16.3 Å². The molecule has 0 spiro atoms. The summed E-state index contributed by atoms with van der Waals surface area (Å²) in [6.07, 6.45) is -1.97. The molecule has 2 aromatic rings. The first kappa shape index (κ1) is 27.7. The maximum absolute atomic E-state index is 12.7. The minimum atomic E-state index is -1.38. The summed E-state index contributed by atoms with van der Waals surface area (Å²) < 4.78 is 30.3. The van der Waals surface area contributed by atoms with Crippen molar-refractivity contribution in [1.82, 2.24) is 5.43 Å². The lowest BCUT2D eigenvalue weighted by Crippen LogP contribution is -2.55. The van der Waals surface area contributed by atoms with Gasteiger partial charge in [0.1, 0.15) is 11.3 Å². The molecule has 2 rings (SSSR count). The van der Waals surface area contributed by atoms with Crippen LogP contribution in [-0.4, -0.2) is 43.8 Å². The van der Waals surface area contributed by atoms with Crippen LogP contribution in [0.3, 0.4) is 0 Å². The maximum atomic E-state index is 12.7. The standard InChI is InChI=1S/C23H27ClN2O9/c1-4-30-21(28)34-18-11-6-15(12-19(18)35-22(29)31-5-2)13-23(3,26-25)20(27)33-14-32-17-9-7-16(24)8-10-17/h6-12,26H,4-5,13-14,25H2,1-3H3. The second-order valence-corrected chi connectivity index (χ2v) is 7.59. The number of esters is 1. The van der Waals surface area contributed by atoms with Crippen LogP contribution in [-0.2, 0) is 25.4 Å². The Morgan fingerprint density at radius 1 is 0.914 bits per heavy atom. The summed E-state index contributed by atoms with van der Waals surface area (Å²) in [5.74, 6) is 5.21. The number of carbonyl (C=O) groups excluding carboxylic acids is 3. The molecule has 2 aromatic carbocycles. The van der Waals surface area contributed by atoms with E-state index in [1.54, 1.807) is 44.2 Å². The fourth-order valence-electron chi connectivity index (χ4n) is 2.73. The second-order valence-electron chi connectivity index (χ2n) is 7.15. The largest absolute Gasteiger partial charge is 0.513 e. The van der Waals surface area contributed by atoms with Gasteiger partial charge in [-0.15, -0.1) is 0 Å². The zero-order valence-corrected chi connectivity index (χ0v) is 20.3. The topological polar surface area (TPSA) is 145 Å². The fourth-order valence-corrected chi connectivity index (χ4v) is 2.86. The number of hydrazine groups is 1. The van der Waals surface area contributed by atoms with E-state index in [9.17, 15) is 14.4 Å². The third-order valence-corrected chi connectivity index (χ3v) is 4.73. The number of ether oxygens (including phenoxy) is 6. The summed E-state index contributed by atoms with van der Waals surface area (Å²) in [7, 11) is 0. The van der Waals surface area contributed by atoms with Crippen molar-refractivity contribution in [2.24, 2.45) is 5.84 Å². The van der Waals surface area contributed by atoms with Gasteiger partial charge in [-0.2, -0.15) is 0 Å². The summed E-state index contributed by atoms with van der Waals surface area (Å²) in [5.41, 5.74) is 1.56. The molecular formula is C23H27ClN2O9. The summed E-state index contributed by atoms with van der Waals surface area (Å²) in [6.45, 7) is 4.55. The highest BCUT2D eigenvalue weighted by atomic mass is 35.5. The highest BCUT2D eigenvalue weighted by Crippen LogP contribution is 2.31. The molecule has 0 aliphatic rings. The van der Waals surface area contributed by atoms with Crippen molar-refractivity contribution in [2.45, 2.75) is 32.7 Å². The van der Waals surface area contributed by atoms with Crippen molar-refractivity contribution in [2.75, 3.05) is 20.0 Å². The zero-order chi connectivity index (χ0) is 25.8. The number of nitrogens with one attached hydrogen (secondary N) is 1. The Hall–Kier alpha value is -3.54. The first-order chi connectivity index (χ1) is 16.7. The first-order valence-corrected chi connectivity index (χ1v) is 10.9. The molecule has 190 valence electrons. The van der Waals surface area contributed by atoms with E-state index in [4.69, 9.17) is 45.9 Å². The molecule has 0 heterocycles.